The molecule has 0 aliphatic rings. The highest BCUT2D eigenvalue weighted by atomic mass is 31.2. The van der Waals surface area contributed by atoms with E-state index >= 15 is 0 Å². The Balaban J connectivity index is 4.03. The van der Waals surface area contributed by atoms with Gasteiger partial charge in [0, 0.05) is 12.8 Å². The largest absolute Gasteiger partial charge is 0.756 e. The number of allylic oxidation sites excluding steroid dienone is 28. The summed E-state index contributed by atoms with van der Waals surface area (Å²) in [7, 11) is 1.14. The van der Waals surface area contributed by atoms with Crippen LogP contribution in [-0.4, -0.2) is 70.0 Å². The highest BCUT2D eigenvalue weighted by Crippen LogP contribution is 2.38. The van der Waals surface area contributed by atoms with Gasteiger partial charge in [0.1, 0.15) is 19.8 Å². The van der Waals surface area contributed by atoms with Crippen LogP contribution in [0.15, 0.2) is 170 Å². The number of phosphoric ester groups is 1. The van der Waals surface area contributed by atoms with E-state index in [2.05, 4.69) is 184 Å². The third-order valence-electron chi connectivity index (χ3n) is 17.7. The number of carbonyl (C=O) groups is 2. The molecule has 0 aromatic rings. The Morgan fingerprint density at radius 3 is 0.833 bits per heavy atom. The molecule has 102 heavy (non-hydrogen) atoms. The molecule has 0 bridgehead atoms. The van der Waals surface area contributed by atoms with Gasteiger partial charge in [-0.15, -0.1) is 0 Å². The zero-order chi connectivity index (χ0) is 74.0. The number of carbonyl (C=O) groups excluding carboxylic acids is 2. The topological polar surface area (TPSA) is 111 Å². The quantitative estimate of drug-likeness (QED) is 0.0195. The lowest BCUT2D eigenvalue weighted by atomic mass is 10.0. The van der Waals surface area contributed by atoms with E-state index in [0.29, 0.717) is 17.4 Å². The highest BCUT2D eigenvalue weighted by Gasteiger charge is 2.22. The predicted molar refractivity (Wildman–Crippen MR) is 443 cm³/mol. The molecule has 0 fully saturated rings. The van der Waals surface area contributed by atoms with Crippen LogP contribution in [0.25, 0.3) is 0 Å². The van der Waals surface area contributed by atoms with Gasteiger partial charge in [0.2, 0.25) is 0 Å². The van der Waals surface area contributed by atoms with Gasteiger partial charge in [0.15, 0.2) is 6.10 Å². The number of rotatable bonds is 76. The molecule has 0 saturated carbocycles. The fourth-order valence-electron chi connectivity index (χ4n) is 11.4. The van der Waals surface area contributed by atoms with Gasteiger partial charge in [-0.2, -0.15) is 0 Å². The number of phosphoric acid groups is 1. The Morgan fingerprint density at radius 2 is 0.559 bits per heavy atom. The summed E-state index contributed by atoms with van der Waals surface area (Å²) < 4.78 is 34.4. The normalized spacial score (nSPS) is 13.9. The van der Waals surface area contributed by atoms with E-state index in [0.717, 1.165) is 135 Å². The first-order valence-corrected chi connectivity index (χ1v) is 43.3. The van der Waals surface area contributed by atoms with Crippen LogP contribution in [0, 0.1) is 0 Å². The lowest BCUT2D eigenvalue weighted by molar-refractivity contribution is -0.870. The molecule has 2 unspecified atom stereocenters. The zero-order valence-electron chi connectivity index (χ0n) is 66.5. The number of quaternary nitrogens is 1. The van der Waals surface area contributed by atoms with E-state index in [1.165, 1.54) is 180 Å². The van der Waals surface area contributed by atoms with Crippen LogP contribution < -0.4 is 4.89 Å². The Morgan fingerprint density at radius 1 is 0.314 bits per heavy atom. The fourth-order valence-corrected chi connectivity index (χ4v) is 12.1. The molecule has 0 amide bonds. The molecule has 0 N–H and O–H groups in total. The van der Waals surface area contributed by atoms with Crippen molar-refractivity contribution in [1.82, 2.24) is 0 Å². The standard InChI is InChI=1S/C92H156NO8P/c1-6-8-10-12-14-16-18-20-22-24-26-28-30-32-34-36-38-40-42-44-46-48-50-52-54-56-58-60-62-64-66-68-70-72-74-76-78-80-82-84-91(94)98-88-90(89-100-102(96,97)99-87-86-93(3,4)5)101-92(95)85-83-81-79-77-75-73-71-69-67-65-63-61-59-57-55-53-51-49-47-45-43-41-39-37-35-33-31-29-27-25-23-21-19-17-15-13-11-9-7-2/h9,11,15,17-18,20-21,23-24,26-27,29-30,32-33,35,39,41,45,47,51,53,57,59,63,65,69,71,90H,6-8,10,12-14,16,19,22,25,28,31,34,36-38,40,42-44,46,48-50,52,54-56,58,60-62,64,66-68,70,72-89H2,1-5H3/b11-9-,17-15-,20-18-,23-21-,26-24-,29-27-,32-30-,35-33-,41-39-,47-45-,53-51-,59-57-,65-63-,71-69-. The number of unbranched alkanes of at least 4 members (excludes halogenated alkanes) is 34. The lowest BCUT2D eigenvalue weighted by Crippen LogP contribution is -2.37. The van der Waals surface area contributed by atoms with Crippen molar-refractivity contribution in [3.05, 3.63) is 170 Å². The van der Waals surface area contributed by atoms with Crippen LogP contribution >= 0.6 is 7.82 Å². The maximum atomic E-state index is 12.9. The molecule has 0 aromatic carbocycles. The first-order chi connectivity index (χ1) is 50.0. The Hall–Kier alpha value is -4.63. The number of esters is 2. The summed E-state index contributed by atoms with van der Waals surface area (Å²) in [6, 6.07) is 0. The van der Waals surface area contributed by atoms with Gasteiger partial charge in [0.25, 0.3) is 7.82 Å². The van der Waals surface area contributed by atoms with Crippen LogP contribution in [0.3, 0.4) is 0 Å². The van der Waals surface area contributed by atoms with Gasteiger partial charge < -0.3 is 27.9 Å². The number of ether oxygens (including phenoxy) is 2. The molecule has 0 spiro atoms. The van der Waals surface area contributed by atoms with Crippen molar-refractivity contribution in [2.75, 3.05) is 47.5 Å². The second-order valence-electron chi connectivity index (χ2n) is 28.8. The van der Waals surface area contributed by atoms with Gasteiger partial charge in [0.05, 0.1) is 27.7 Å². The maximum absolute atomic E-state index is 12.9. The molecule has 0 aromatic heterocycles. The number of likely N-dealkylation sites (N-methyl/N-ethyl adjacent to an activating group) is 1. The van der Waals surface area contributed by atoms with Crippen molar-refractivity contribution in [1.29, 1.82) is 0 Å². The van der Waals surface area contributed by atoms with Crippen LogP contribution in [0.4, 0.5) is 0 Å². The van der Waals surface area contributed by atoms with Crippen molar-refractivity contribution < 1.29 is 42.1 Å². The Labute approximate surface area is 629 Å². The summed E-state index contributed by atoms with van der Waals surface area (Å²) >= 11 is 0. The monoisotopic (exact) mass is 1430 g/mol. The first kappa shape index (κ1) is 97.4. The molecule has 0 saturated heterocycles. The average Bonchev–Trinajstić information content (AvgIpc) is 0.914. The minimum atomic E-state index is -4.66. The summed E-state index contributed by atoms with van der Waals surface area (Å²) in [5, 5.41) is 0. The SMILES string of the molecule is CC/C=C\C/C=C\C/C=C\C/C=C\C/C=C\C/C=C\C/C=C\C/C=C\C/C=C\C/C=C\C/C=C\CCCCCCCC(=O)OC(COC(=O)CCCCCCCCCCCCCCCCCCCCCCCCCC/C=C\C/C=C\C/C=C\CCCCCCC)COP(=O)([O-])OCC[N+](C)(C)C. The second-order valence-corrected chi connectivity index (χ2v) is 30.2. The fraction of sp³-hybridized carbons (Fsp3) is 0.674. The summed E-state index contributed by atoms with van der Waals surface area (Å²) in [6.45, 7) is 4.11. The van der Waals surface area contributed by atoms with Crippen LogP contribution in [-0.2, 0) is 32.7 Å². The molecule has 9 nitrogen and oxygen atoms in total. The minimum Gasteiger partial charge on any atom is -0.756 e. The van der Waals surface area contributed by atoms with Crippen molar-refractivity contribution in [2.24, 2.45) is 0 Å². The number of hydrogen-bond acceptors (Lipinski definition) is 8. The van der Waals surface area contributed by atoms with E-state index in [4.69, 9.17) is 18.5 Å². The van der Waals surface area contributed by atoms with Gasteiger partial charge in [-0.3, -0.25) is 14.2 Å². The zero-order valence-corrected chi connectivity index (χ0v) is 67.4. The van der Waals surface area contributed by atoms with Crippen molar-refractivity contribution in [2.45, 2.75) is 354 Å². The molecule has 0 heterocycles. The van der Waals surface area contributed by atoms with Crippen LogP contribution in [0.1, 0.15) is 348 Å². The van der Waals surface area contributed by atoms with E-state index < -0.39 is 26.5 Å². The van der Waals surface area contributed by atoms with E-state index in [9.17, 15) is 19.0 Å². The first-order valence-electron chi connectivity index (χ1n) is 41.8. The van der Waals surface area contributed by atoms with Gasteiger partial charge in [-0.1, -0.05) is 370 Å². The molecule has 0 radical (unpaired) electrons. The molecule has 0 aliphatic heterocycles. The van der Waals surface area contributed by atoms with Crippen LogP contribution in [0.2, 0.25) is 0 Å². The molecule has 582 valence electrons. The molecule has 10 heteroatoms. The second kappa shape index (κ2) is 80.5. The smallest absolute Gasteiger partial charge is 0.306 e. The number of hydrogen-bond donors (Lipinski definition) is 0. The molecule has 2 atom stereocenters. The predicted octanol–water partition coefficient (Wildman–Crippen LogP) is 27.8. The van der Waals surface area contributed by atoms with Crippen molar-refractivity contribution in [3.63, 3.8) is 0 Å². The summed E-state index contributed by atoms with van der Waals surface area (Å²) in [5.74, 6) is -0.854. The Kier molecular flexibility index (Phi) is 76.8. The molecular formula is C92H156NO8P. The summed E-state index contributed by atoms with van der Waals surface area (Å²) in [5.41, 5.74) is 0. The van der Waals surface area contributed by atoms with E-state index in [1.807, 2.05) is 21.1 Å². The van der Waals surface area contributed by atoms with Crippen molar-refractivity contribution >= 4 is 19.8 Å². The molecule has 0 aliphatic carbocycles. The summed E-state index contributed by atoms with van der Waals surface area (Å²) in [6.07, 6.45) is 122. The maximum Gasteiger partial charge on any atom is 0.306 e. The minimum absolute atomic E-state index is 0.0417. The third-order valence-corrected chi connectivity index (χ3v) is 18.7. The van der Waals surface area contributed by atoms with E-state index in [-0.39, 0.29) is 32.0 Å². The third kappa shape index (κ3) is 84.3. The molecular weight excluding hydrogens is 1280 g/mol. The van der Waals surface area contributed by atoms with E-state index in [1.54, 1.807) is 0 Å². The van der Waals surface area contributed by atoms with Gasteiger partial charge in [-0.05, 0) is 135 Å². The average molecular weight is 1440 g/mol. The van der Waals surface area contributed by atoms with Gasteiger partial charge in [-0.25, -0.2) is 0 Å². The lowest BCUT2D eigenvalue weighted by Gasteiger charge is -2.28. The van der Waals surface area contributed by atoms with Gasteiger partial charge >= 0.3 is 11.9 Å². The number of nitrogens with zero attached hydrogens (tertiary/aromatic N) is 1. The molecule has 0 rings (SSSR count). The van der Waals surface area contributed by atoms with Crippen molar-refractivity contribution in [3.8, 4) is 0 Å². The summed E-state index contributed by atoms with van der Waals surface area (Å²) in [4.78, 5) is 38.2. The highest BCUT2D eigenvalue weighted by molar-refractivity contribution is 7.45. The Bertz CT molecular complexity index is 2340. The van der Waals surface area contributed by atoms with Crippen LogP contribution in [0.5, 0.6) is 0 Å².